The lowest BCUT2D eigenvalue weighted by atomic mass is 10.2. The first-order chi connectivity index (χ1) is 11.1. The molecule has 0 aromatic heterocycles. The van der Waals surface area contributed by atoms with Crippen molar-refractivity contribution in [2.45, 2.75) is 6.92 Å². The maximum atomic E-state index is 11.4. The van der Waals surface area contributed by atoms with Crippen molar-refractivity contribution in [3.63, 3.8) is 0 Å². The van der Waals surface area contributed by atoms with E-state index in [4.69, 9.17) is 17.0 Å². The number of carbonyl (C=O) groups is 1. The van der Waals surface area contributed by atoms with E-state index < -0.39 is 0 Å². The van der Waals surface area contributed by atoms with Crippen LogP contribution in [0.25, 0.3) is 0 Å². The number of hydrogen-bond donors (Lipinski definition) is 2. The highest BCUT2D eigenvalue weighted by atomic mass is 32.1. The minimum Gasteiger partial charge on any atom is -0.492 e. The summed E-state index contributed by atoms with van der Waals surface area (Å²) in [4.78, 5) is 11.4. The predicted molar refractivity (Wildman–Crippen MR) is 95.2 cm³/mol. The largest absolute Gasteiger partial charge is 0.492 e. The lowest BCUT2D eigenvalue weighted by molar-refractivity contribution is 0.0601. The first-order valence-corrected chi connectivity index (χ1v) is 7.53. The van der Waals surface area contributed by atoms with E-state index in [1.54, 1.807) is 24.3 Å². The van der Waals surface area contributed by atoms with Gasteiger partial charge in [-0.1, -0.05) is 12.1 Å². The molecule has 120 valence electrons. The Morgan fingerprint density at radius 2 is 1.78 bits per heavy atom. The maximum absolute atomic E-state index is 11.4. The van der Waals surface area contributed by atoms with Crippen LogP contribution >= 0.6 is 12.2 Å². The van der Waals surface area contributed by atoms with Crippen molar-refractivity contribution >= 4 is 34.7 Å². The van der Waals surface area contributed by atoms with E-state index in [1.165, 1.54) is 7.11 Å². The predicted octanol–water partition coefficient (Wildman–Crippen LogP) is 3.68. The summed E-state index contributed by atoms with van der Waals surface area (Å²) >= 11 is 5.30. The number of benzene rings is 2. The van der Waals surface area contributed by atoms with E-state index in [2.05, 4.69) is 15.4 Å². The van der Waals surface area contributed by atoms with Gasteiger partial charge in [0.1, 0.15) is 5.75 Å². The van der Waals surface area contributed by atoms with Crippen LogP contribution in [0.2, 0.25) is 0 Å². The zero-order valence-electron chi connectivity index (χ0n) is 13.0. The molecule has 2 aromatic carbocycles. The number of nitrogens with one attached hydrogen (secondary N) is 2. The Kier molecular flexibility index (Phi) is 5.94. The highest BCUT2D eigenvalue weighted by Gasteiger charge is 2.07. The van der Waals surface area contributed by atoms with Crippen molar-refractivity contribution in [3.05, 3.63) is 54.1 Å². The molecular formula is C17H18N2O3S. The molecule has 0 atom stereocenters. The SMILES string of the molecule is CCOc1ccccc1NC(=S)Nc1ccc(C(=O)OC)cc1. The number of esters is 1. The van der Waals surface area contributed by atoms with Crippen molar-refractivity contribution < 1.29 is 14.3 Å². The van der Waals surface area contributed by atoms with Crippen LogP contribution in [0.4, 0.5) is 11.4 Å². The maximum Gasteiger partial charge on any atom is 0.337 e. The summed E-state index contributed by atoms with van der Waals surface area (Å²) in [5.74, 6) is 0.364. The molecule has 2 aromatic rings. The van der Waals surface area contributed by atoms with Gasteiger partial charge in [-0.05, 0) is 55.5 Å². The fourth-order valence-corrected chi connectivity index (χ4v) is 2.17. The summed E-state index contributed by atoms with van der Waals surface area (Å²) in [6.45, 7) is 2.50. The Hall–Kier alpha value is -2.60. The zero-order valence-corrected chi connectivity index (χ0v) is 13.8. The molecule has 23 heavy (non-hydrogen) atoms. The topological polar surface area (TPSA) is 59.6 Å². The number of hydrogen-bond acceptors (Lipinski definition) is 4. The normalized spacial score (nSPS) is 9.83. The van der Waals surface area contributed by atoms with Crippen LogP contribution in [0.5, 0.6) is 5.75 Å². The van der Waals surface area contributed by atoms with Crippen molar-refractivity contribution in [1.82, 2.24) is 0 Å². The van der Waals surface area contributed by atoms with Gasteiger partial charge in [0.05, 0.1) is 25.0 Å². The molecule has 0 radical (unpaired) electrons. The lowest BCUT2D eigenvalue weighted by Crippen LogP contribution is -2.19. The molecule has 0 saturated carbocycles. The minimum absolute atomic E-state index is 0.372. The molecule has 0 amide bonds. The van der Waals surface area contributed by atoms with Gasteiger partial charge >= 0.3 is 5.97 Å². The molecule has 5 nitrogen and oxygen atoms in total. The minimum atomic E-state index is -0.372. The van der Waals surface area contributed by atoms with Crippen LogP contribution in [-0.4, -0.2) is 24.8 Å². The molecule has 0 aliphatic carbocycles. The molecule has 0 heterocycles. The summed E-state index contributed by atoms with van der Waals surface area (Å²) in [5, 5.41) is 6.59. The van der Waals surface area contributed by atoms with Crippen LogP contribution < -0.4 is 15.4 Å². The van der Waals surface area contributed by atoms with Gasteiger partial charge in [-0.2, -0.15) is 0 Å². The lowest BCUT2D eigenvalue weighted by Gasteiger charge is -2.14. The van der Waals surface area contributed by atoms with Gasteiger partial charge in [0.15, 0.2) is 5.11 Å². The Labute approximate surface area is 140 Å². The molecule has 0 aliphatic rings. The van der Waals surface area contributed by atoms with E-state index in [0.717, 1.165) is 17.1 Å². The Morgan fingerprint density at radius 1 is 1.09 bits per heavy atom. The highest BCUT2D eigenvalue weighted by Crippen LogP contribution is 2.24. The third-order valence-electron chi connectivity index (χ3n) is 3.00. The third-order valence-corrected chi connectivity index (χ3v) is 3.20. The number of rotatable bonds is 5. The average Bonchev–Trinajstić information content (AvgIpc) is 2.57. The number of para-hydroxylation sites is 2. The third kappa shape index (κ3) is 4.69. The molecule has 6 heteroatoms. The zero-order chi connectivity index (χ0) is 16.7. The van der Waals surface area contributed by atoms with Gasteiger partial charge in [0.25, 0.3) is 0 Å². The van der Waals surface area contributed by atoms with Crippen LogP contribution in [-0.2, 0) is 4.74 Å². The molecule has 0 fully saturated rings. The molecule has 0 unspecified atom stereocenters. The van der Waals surface area contributed by atoms with Crippen molar-refractivity contribution in [3.8, 4) is 5.75 Å². The van der Waals surface area contributed by atoms with E-state index in [9.17, 15) is 4.79 Å². The number of anilines is 2. The highest BCUT2D eigenvalue weighted by molar-refractivity contribution is 7.80. The van der Waals surface area contributed by atoms with Gasteiger partial charge < -0.3 is 20.1 Å². The molecule has 0 aliphatic heterocycles. The Balaban J connectivity index is 2.01. The molecular weight excluding hydrogens is 312 g/mol. The number of thiocarbonyl (C=S) groups is 1. The fraction of sp³-hybridized carbons (Fsp3) is 0.176. The molecule has 0 spiro atoms. The monoisotopic (exact) mass is 330 g/mol. The van der Waals surface area contributed by atoms with Gasteiger partial charge in [0, 0.05) is 5.69 Å². The number of methoxy groups -OCH3 is 1. The van der Waals surface area contributed by atoms with Crippen LogP contribution in [0.15, 0.2) is 48.5 Å². The summed E-state index contributed by atoms with van der Waals surface area (Å²) in [6.07, 6.45) is 0. The van der Waals surface area contributed by atoms with Gasteiger partial charge in [-0.3, -0.25) is 0 Å². The van der Waals surface area contributed by atoms with Gasteiger partial charge in [0.2, 0.25) is 0 Å². The van der Waals surface area contributed by atoms with E-state index in [1.807, 2.05) is 31.2 Å². The molecule has 0 bridgehead atoms. The molecule has 2 N–H and O–H groups in total. The Morgan fingerprint density at radius 3 is 2.43 bits per heavy atom. The van der Waals surface area contributed by atoms with Crippen molar-refractivity contribution in [1.29, 1.82) is 0 Å². The summed E-state index contributed by atoms with van der Waals surface area (Å²) in [6, 6.07) is 14.4. The van der Waals surface area contributed by atoms with Crippen molar-refractivity contribution in [2.75, 3.05) is 24.4 Å². The van der Waals surface area contributed by atoms with E-state index in [0.29, 0.717) is 17.3 Å². The Bertz CT molecular complexity index is 686. The van der Waals surface area contributed by atoms with Crippen LogP contribution in [0.1, 0.15) is 17.3 Å². The molecule has 2 rings (SSSR count). The first-order valence-electron chi connectivity index (χ1n) is 7.12. The fourth-order valence-electron chi connectivity index (χ4n) is 1.94. The van der Waals surface area contributed by atoms with Crippen molar-refractivity contribution in [2.24, 2.45) is 0 Å². The van der Waals surface area contributed by atoms with Crippen LogP contribution in [0, 0.1) is 0 Å². The smallest absolute Gasteiger partial charge is 0.337 e. The standard InChI is InChI=1S/C17H18N2O3S/c1-3-22-15-7-5-4-6-14(15)19-17(23)18-13-10-8-12(9-11-13)16(20)21-2/h4-11H,3H2,1-2H3,(H2,18,19,23). The van der Waals surface area contributed by atoms with Crippen LogP contribution in [0.3, 0.4) is 0 Å². The van der Waals surface area contributed by atoms with Gasteiger partial charge in [-0.15, -0.1) is 0 Å². The quantitative estimate of drug-likeness (QED) is 0.644. The second-order valence-corrected chi connectivity index (χ2v) is 4.99. The summed E-state index contributed by atoms with van der Waals surface area (Å²) in [5.41, 5.74) is 2.04. The number of ether oxygens (including phenoxy) is 2. The van der Waals surface area contributed by atoms with E-state index in [-0.39, 0.29) is 5.97 Å². The summed E-state index contributed by atoms with van der Waals surface area (Å²) < 4.78 is 10.2. The first kappa shape index (κ1) is 16.8. The second kappa shape index (κ2) is 8.14. The molecule has 0 saturated heterocycles. The average molecular weight is 330 g/mol. The summed E-state index contributed by atoms with van der Waals surface area (Å²) in [7, 11) is 1.35. The van der Waals surface area contributed by atoms with Gasteiger partial charge in [-0.25, -0.2) is 4.79 Å². The second-order valence-electron chi connectivity index (χ2n) is 4.58. The number of carbonyl (C=O) groups excluding carboxylic acids is 1. The van der Waals surface area contributed by atoms with E-state index >= 15 is 0 Å².